The molecular weight excluding hydrogens is 532 g/mol. The van der Waals surface area contributed by atoms with Gasteiger partial charge in [0, 0.05) is 51.4 Å². The molecule has 9 rings (SSSR count). The van der Waals surface area contributed by atoms with Crippen LogP contribution in [0.15, 0.2) is 110 Å². The summed E-state index contributed by atoms with van der Waals surface area (Å²) in [6, 6.07) is 30.8. The summed E-state index contributed by atoms with van der Waals surface area (Å²) >= 11 is 0. The standard InChI is InChI=1S/C36H24N6O/c1-21-22(2)42-34-29(11-7-17-38-34)27-15-13-25(19-31(27)36(42)39-21)43-24-12-14-26-28-10-6-16-37-33(28)41-20-32(23-8-4-3-5-9-23)40-35(41)30(26)18-24/h3-20H,1-2H3. The molecule has 0 unspecified atom stereocenters. The van der Waals surface area contributed by atoms with Crippen LogP contribution in [-0.2, 0) is 0 Å². The monoisotopic (exact) mass is 556 g/mol. The summed E-state index contributed by atoms with van der Waals surface area (Å²) in [4.78, 5) is 19.4. The highest BCUT2D eigenvalue weighted by atomic mass is 16.5. The number of pyridine rings is 4. The lowest BCUT2D eigenvalue weighted by molar-refractivity contribution is 0.484. The summed E-state index contributed by atoms with van der Waals surface area (Å²) in [7, 11) is 0. The lowest BCUT2D eigenvalue weighted by Gasteiger charge is -2.12. The predicted molar refractivity (Wildman–Crippen MR) is 171 cm³/mol. The van der Waals surface area contributed by atoms with E-state index in [4.69, 9.17) is 24.7 Å². The number of hydrogen-bond acceptors (Lipinski definition) is 5. The number of imidazole rings is 2. The largest absolute Gasteiger partial charge is 0.457 e. The normalized spacial score (nSPS) is 12.0. The number of hydrogen-bond donors (Lipinski definition) is 0. The molecule has 43 heavy (non-hydrogen) atoms. The first kappa shape index (κ1) is 23.8. The van der Waals surface area contributed by atoms with Gasteiger partial charge in [-0.25, -0.2) is 19.9 Å². The van der Waals surface area contributed by atoms with Crippen LogP contribution in [0.5, 0.6) is 11.5 Å². The van der Waals surface area contributed by atoms with Gasteiger partial charge in [0.15, 0.2) is 0 Å². The van der Waals surface area contributed by atoms with E-state index in [-0.39, 0.29) is 0 Å². The van der Waals surface area contributed by atoms with Gasteiger partial charge in [0.25, 0.3) is 0 Å². The summed E-state index contributed by atoms with van der Waals surface area (Å²) in [6.45, 7) is 4.13. The fourth-order valence-corrected chi connectivity index (χ4v) is 6.26. The molecule has 0 N–H and O–H groups in total. The molecule has 6 aromatic heterocycles. The molecule has 0 saturated carbocycles. The van der Waals surface area contributed by atoms with E-state index in [1.165, 1.54) is 0 Å². The molecule has 6 heterocycles. The van der Waals surface area contributed by atoms with Gasteiger partial charge in [-0.15, -0.1) is 0 Å². The highest BCUT2D eigenvalue weighted by Crippen LogP contribution is 2.36. The van der Waals surface area contributed by atoms with Gasteiger partial charge in [-0.2, -0.15) is 0 Å². The highest BCUT2D eigenvalue weighted by molar-refractivity contribution is 6.12. The van der Waals surface area contributed by atoms with E-state index in [1.807, 2.05) is 61.8 Å². The van der Waals surface area contributed by atoms with Gasteiger partial charge in [-0.05, 0) is 85.3 Å². The van der Waals surface area contributed by atoms with E-state index in [2.05, 4.69) is 70.5 Å². The Kier molecular flexibility index (Phi) is 4.90. The Morgan fingerprint density at radius 1 is 0.558 bits per heavy atom. The molecule has 0 saturated heterocycles. The molecule has 204 valence electrons. The lowest BCUT2D eigenvalue weighted by Crippen LogP contribution is -1.96. The smallest absolute Gasteiger partial charge is 0.147 e. The second-order valence-corrected chi connectivity index (χ2v) is 10.9. The van der Waals surface area contributed by atoms with Crippen LogP contribution in [0.2, 0.25) is 0 Å². The van der Waals surface area contributed by atoms with Crippen LogP contribution in [0.3, 0.4) is 0 Å². The third-order valence-corrected chi connectivity index (χ3v) is 8.41. The molecular formula is C36H24N6O. The summed E-state index contributed by atoms with van der Waals surface area (Å²) in [6.07, 6.45) is 5.72. The molecule has 9 aromatic rings. The highest BCUT2D eigenvalue weighted by Gasteiger charge is 2.17. The number of fused-ring (bicyclic) bond motifs is 12. The average molecular weight is 557 g/mol. The first-order valence-corrected chi connectivity index (χ1v) is 14.2. The third-order valence-electron chi connectivity index (χ3n) is 8.41. The minimum atomic E-state index is 0.732. The molecule has 0 bridgehead atoms. The summed E-state index contributed by atoms with van der Waals surface area (Å²) in [5, 5.41) is 6.34. The van der Waals surface area contributed by atoms with Crippen molar-refractivity contribution in [3.63, 3.8) is 0 Å². The van der Waals surface area contributed by atoms with Crippen LogP contribution >= 0.6 is 0 Å². The van der Waals surface area contributed by atoms with Gasteiger partial charge in [-0.1, -0.05) is 30.3 Å². The molecule has 0 radical (unpaired) electrons. The van der Waals surface area contributed by atoms with Crippen LogP contribution in [0.1, 0.15) is 11.4 Å². The maximum absolute atomic E-state index is 6.54. The fourth-order valence-electron chi connectivity index (χ4n) is 6.26. The zero-order valence-corrected chi connectivity index (χ0v) is 23.5. The molecule has 3 aromatic carbocycles. The molecule has 0 fully saturated rings. The minimum Gasteiger partial charge on any atom is -0.457 e. The Labute approximate surface area is 245 Å². The van der Waals surface area contributed by atoms with Crippen LogP contribution in [0.25, 0.3) is 66.2 Å². The molecule has 7 heteroatoms. The van der Waals surface area contributed by atoms with Gasteiger partial charge in [-0.3, -0.25) is 8.80 Å². The molecule has 0 atom stereocenters. The van der Waals surface area contributed by atoms with Crippen molar-refractivity contribution in [2.75, 3.05) is 0 Å². The van der Waals surface area contributed by atoms with Crippen molar-refractivity contribution in [1.82, 2.24) is 28.7 Å². The summed E-state index contributed by atoms with van der Waals surface area (Å²) < 4.78 is 10.8. The second kappa shape index (κ2) is 8.84. The maximum Gasteiger partial charge on any atom is 0.147 e. The second-order valence-electron chi connectivity index (χ2n) is 10.9. The molecule has 7 nitrogen and oxygen atoms in total. The van der Waals surface area contributed by atoms with E-state index in [0.29, 0.717) is 0 Å². The Hall–Kier alpha value is -5.82. The number of benzene rings is 3. The van der Waals surface area contributed by atoms with Gasteiger partial charge in [0.2, 0.25) is 0 Å². The Morgan fingerprint density at radius 3 is 1.93 bits per heavy atom. The maximum atomic E-state index is 6.54. The van der Waals surface area contributed by atoms with E-state index in [1.54, 1.807) is 0 Å². The summed E-state index contributed by atoms with van der Waals surface area (Å²) in [5.41, 5.74) is 7.54. The number of aromatic nitrogens is 6. The van der Waals surface area contributed by atoms with E-state index in [0.717, 1.165) is 89.1 Å². The first-order valence-electron chi connectivity index (χ1n) is 14.2. The van der Waals surface area contributed by atoms with Crippen molar-refractivity contribution in [3.8, 4) is 22.8 Å². The van der Waals surface area contributed by atoms with Gasteiger partial charge < -0.3 is 4.74 Å². The first-order chi connectivity index (χ1) is 21.1. The van der Waals surface area contributed by atoms with E-state index < -0.39 is 0 Å². The van der Waals surface area contributed by atoms with Crippen LogP contribution in [-0.4, -0.2) is 28.7 Å². The zero-order chi connectivity index (χ0) is 28.7. The van der Waals surface area contributed by atoms with Crippen molar-refractivity contribution < 1.29 is 4.74 Å². The summed E-state index contributed by atoms with van der Waals surface area (Å²) in [5.74, 6) is 1.47. The van der Waals surface area contributed by atoms with Crippen molar-refractivity contribution >= 4 is 54.9 Å². The van der Waals surface area contributed by atoms with E-state index >= 15 is 0 Å². The lowest BCUT2D eigenvalue weighted by atomic mass is 10.1. The van der Waals surface area contributed by atoms with Crippen molar-refractivity contribution in [2.45, 2.75) is 13.8 Å². The zero-order valence-electron chi connectivity index (χ0n) is 23.5. The Morgan fingerprint density at radius 2 is 1.21 bits per heavy atom. The minimum absolute atomic E-state index is 0.732. The third kappa shape index (κ3) is 3.48. The number of ether oxygens (including phenoxy) is 1. The molecule has 0 aliphatic rings. The van der Waals surface area contributed by atoms with Crippen LogP contribution in [0.4, 0.5) is 0 Å². The SMILES string of the molecule is Cc1nc2c3cc(Oc4ccc5c6cccnc6n6cc(-c7ccccc7)nc6c5c4)ccc3c3cccnc3n2c1C. The predicted octanol–water partition coefficient (Wildman–Crippen LogP) is 8.46. The molecule has 0 aliphatic carbocycles. The average Bonchev–Trinajstić information content (AvgIpc) is 3.64. The number of rotatable bonds is 3. The van der Waals surface area contributed by atoms with Gasteiger partial charge in [0.05, 0.1) is 11.4 Å². The van der Waals surface area contributed by atoms with Gasteiger partial charge in [0.1, 0.15) is 34.1 Å². The molecule has 0 aliphatic heterocycles. The van der Waals surface area contributed by atoms with Crippen molar-refractivity contribution in [2.24, 2.45) is 0 Å². The Bertz CT molecular complexity index is 2560. The van der Waals surface area contributed by atoms with Crippen LogP contribution < -0.4 is 4.74 Å². The van der Waals surface area contributed by atoms with E-state index in [9.17, 15) is 0 Å². The van der Waals surface area contributed by atoms with Crippen LogP contribution in [0, 0.1) is 13.8 Å². The van der Waals surface area contributed by atoms with Crippen molar-refractivity contribution in [3.05, 3.63) is 121 Å². The van der Waals surface area contributed by atoms with Crippen molar-refractivity contribution in [1.29, 1.82) is 0 Å². The number of nitrogens with zero attached hydrogens (tertiary/aromatic N) is 6. The Balaban J connectivity index is 1.23. The molecule has 0 spiro atoms. The molecule has 0 amide bonds. The van der Waals surface area contributed by atoms with Gasteiger partial charge >= 0.3 is 0 Å². The number of aryl methyl sites for hydroxylation is 2. The topological polar surface area (TPSA) is 69.6 Å². The quantitative estimate of drug-likeness (QED) is 0.204. The fraction of sp³-hybridized carbons (Fsp3) is 0.0556.